The number of aliphatic hydroxyl groups excluding tert-OH is 1. The fourth-order valence-corrected chi connectivity index (χ4v) is 5.57. The minimum atomic E-state index is -0.746. The third-order valence-corrected chi connectivity index (χ3v) is 7.39. The second kappa shape index (κ2) is 10.8. The molecule has 0 amide bonds. The van der Waals surface area contributed by atoms with E-state index in [-0.39, 0.29) is 6.61 Å². The largest absolute Gasteiger partial charge is 0.392 e. The summed E-state index contributed by atoms with van der Waals surface area (Å²) in [5.41, 5.74) is 12.8. The Balaban J connectivity index is 1.47. The van der Waals surface area contributed by atoms with E-state index >= 15 is 0 Å². The van der Waals surface area contributed by atoms with Crippen LogP contribution in [0, 0.1) is 0 Å². The molecular weight excluding hydrogens is 504 g/mol. The smallest absolute Gasteiger partial charge is 0.171 e. The van der Waals surface area contributed by atoms with Gasteiger partial charge in [0.25, 0.3) is 0 Å². The lowest BCUT2D eigenvalue weighted by Crippen LogP contribution is -2.57. The summed E-state index contributed by atoms with van der Waals surface area (Å²) in [4.78, 5) is 0. The average molecular weight is 531 g/mol. The van der Waals surface area contributed by atoms with Gasteiger partial charge in [0.2, 0.25) is 0 Å². The number of aliphatic hydroxyl groups is 1. The first-order chi connectivity index (χ1) is 19.2. The standard InChI is InChI=1S/C33H27ClN4O/c34-31-22-24(23-39)20-21-29(31)28-18-10-11-19-30(28)32-35-37-38(36-32)33(25-12-4-1-5-13-25,26-14-6-2-7-15-26)27-16-8-3-9-17-27/h1-22,37,39H,23H2,(H,35,36). The Morgan fingerprint density at radius 3 is 1.67 bits per heavy atom. The third kappa shape index (κ3) is 4.47. The maximum Gasteiger partial charge on any atom is 0.171 e. The first kappa shape index (κ1) is 24.9. The maximum atomic E-state index is 9.54. The van der Waals surface area contributed by atoms with Gasteiger partial charge in [0.05, 0.1) is 6.61 Å². The molecule has 6 heteroatoms. The Morgan fingerprint density at radius 1 is 0.641 bits per heavy atom. The van der Waals surface area contributed by atoms with E-state index in [2.05, 4.69) is 83.8 Å². The number of hydrogen-bond acceptors (Lipinski definition) is 5. The molecular formula is C33H27ClN4O. The van der Waals surface area contributed by atoms with Crippen LogP contribution in [0.5, 0.6) is 0 Å². The van der Waals surface area contributed by atoms with Crippen molar-refractivity contribution >= 4 is 17.4 Å². The average Bonchev–Trinajstić information content (AvgIpc) is 3.49. The van der Waals surface area contributed by atoms with Gasteiger partial charge in [0, 0.05) is 16.1 Å². The highest BCUT2D eigenvalue weighted by Crippen LogP contribution is 2.42. The van der Waals surface area contributed by atoms with Gasteiger partial charge < -0.3 is 5.11 Å². The molecule has 5 aromatic carbocycles. The molecule has 0 atom stereocenters. The molecule has 0 saturated heterocycles. The molecule has 39 heavy (non-hydrogen) atoms. The summed E-state index contributed by atoms with van der Waals surface area (Å²) < 4.78 is 0. The summed E-state index contributed by atoms with van der Waals surface area (Å²) in [7, 11) is 0. The van der Waals surface area contributed by atoms with Crippen LogP contribution in [-0.2, 0) is 12.1 Å². The lowest BCUT2D eigenvalue weighted by molar-refractivity contribution is 0.0761. The van der Waals surface area contributed by atoms with E-state index in [1.54, 1.807) is 6.07 Å². The van der Waals surface area contributed by atoms with Crippen molar-refractivity contribution in [2.45, 2.75) is 12.1 Å². The summed E-state index contributed by atoms with van der Waals surface area (Å²) in [6.45, 7) is -0.0602. The van der Waals surface area contributed by atoms with Gasteiger partial charge in [0.15, 0.2) is 5.84 Å². The summed E-state index contributed by atoms with van der Waals surface area (Å²) in [6.07, 6.45) is 0. The number of hydrazone groups is 1. The van der Waals surface area contributed by atoms with E-state index in [1.807, 2.05) is 59.7 Å². The molecule has 1 aliphatic rings. The van der Waals surface area contributed by atoms with E-state index in [4.69, 9.17) is 16.7 Å². The number of hydrogen-bond donors (Lipinski definition) is 3. The van der Waals surface area contributed by atoms with Crippen LogP contribution < -0.4 is 11.0 Å². The molecule has 0 unspecified atom stereocenters. The normalized spacial score (nSPS) is 13.4. The molecule has 0 fully saturated rings. The molecule has 5 aromatic rings. The molecule has 3 N–H and O–H groups in total. The Hall–Kier alpha value is -4.42. The van der Waals surface area contributed by atoms with Gasteiger partial charge in [-0.1, -0.05) is 144 Å². The van der Waals surface area contributed by atoms with Crippen LogP contribution in [0.2, 0.25) is 5.02 Å². The lowest BCUT2D eigenvalue weighted by atomic mass is 9.77. The van der Waals surface area contributed by atoms with Crippen molar-refractivity contribution in [1.82, 2.24) is 16.1 Å². The lowest BCUT2D eigenvalue weighted by Gasteiger charge is -2.42. The SMILES string of the molecule is OCc1ccc(-c2ccccc2C2=NNN(C(c3ccccc3)(c3ccccc3)c3ccccc3)N2)c(Cl)c1. The maximum absolute atomic E-state index is 9.54. The van der Waals surface area contributed by atoms with Crippen molar-refractivity contribution in [2.24, 2.45) is 5.10 Å². The number of rotatable bonds is 7. The first-order valence-electron chi connectivity index (χ1n) is 12.8. The first-order valence-corrected chi connectivity index (χ1v) is 13.2. The predicted molar refractivity (Wildman–Crippen MR) is 157 cm³/mol. The van der Waals surface area contributed by atoms with Gasteiger partial charge in [-0.15, -0.1) is 5.10 Å². The van der Waals surface area contributed by atoms with Gasteiger partial charge in [-0.3, -0.25) is 5.43 Å². The Bertz CT molecular complexity index is 1510. The molecule has 0 aliphatic carbocycles. The molecule has 5 nitrogen and oxygen atoms in total. The number of nitrogens with one attached hydrogen (secondary N) is 2. The summed E-state index contributed by atoms with van der Waals surface area (Å²) in [5.74, 6) is 0.667. The number of amidine groups is 1. The van der Waals surface area contributed by atoms with Crippen LogP contribution in [0.25, 0.3) is 11.1 Å². The van der Waals surface area contributed by atoms with E-state index in [0.29, 0.717) is 10.9 Å². The van der Waals surface area contributed by atoms with Gasteiger partial charge in [-0.2, -0.15) is 0 Å². The van der Waals surface area contributed by atoms with Gasteiger partial charge in [-0.25, -0.2) is 5.53 Å². The quantitative estimate of drug-likeness (QED) is 0.211. The van der Waals surface area contributed by atoms with Crippen molar-refractivity contribution in [3.63, 3.8) is 0 Å². The highest BCUT2D eigenvalue weighted by molar-refractivity contribution is 6.33. The third-order valence-electron chi connectivity index (χ3n) is 7.08. The molecule has 0 radical (unpaired) electrons. The number of nitrogens with zero attached hydrogens (tertiary/aromatic N) is 2. The van der Waals surface area contributed by atoms with Crippen molar-refractivity contribution in [1.29, 1.82) is 0 Å². The number of halogens is 1. The molecule has 192 valence electrons. The zero-order chi connectivity index (χ0) is 26.7. The minimum absolute atomic E-state index is 0.0602. The molecule has 0 bridgehead atoms. The molecule has 0 spiro atoms. The fourth-order valence-electron chi connectivity index (χ4n) is 5.26. The van der Waals surface area contributed by atoms with E-state index in [1.165, 1.54) is 0 Å². The molecule has 1 aliphatic heterocycles. The minimum Gasteiger partial charge on any atom is -0.392 e. The van der Waals surface area contributed by atoms with Crippen molar-refractivity contribution in [2.75, 3.05) is 0 Å². The highest BCUT2D eigenvalue weighted by atomic mass is 35.5. The summed E-state index contributed by atoms with van der Waals surface area (Å²) >= 11 is 6.67. The van der Waals surface area contributed by atoms with Crippen LogP contribution >= 0.6 is 11.6 Å². The van der Waals surface area contributed by atoms with Crippen LogP contribution in [0.15, 0.2) is 139 Å². The van der Waals surface area contributed by atoms with E-state index < -0.39 is 5.54 Å². The van der Waals surface area contributed by atoms with Crippen molar-refractivity contribution in [3.05, 3.63) is 166 Å². The topological polar surface area (TPSA) is 59.9 Å². The predicted octanol–water partition coefficient (Wildman–Crippen LogP) is 6.48. The Kier molecular flexibility index (Phi) is 6.86. The second-order valence-electron chi connectivity index (χ2n) is 9.33. The monoisotopic (exact) mass is 530 g/mol. The van der Waals surface area contributed by atoms with Crippen LogP contribution in [0.4, 0.5) is 0 Å². The zero-order valence-electron chi connectivity index (χ0n) is 21.1. The number of hydrazine groups is 2. The van der Waals surface area contributed by atoms with Crippen LogP contribution in [0.3, 0.4) is 0 Å². The van der Waals surface area contributed by atoms with E-state index in [9.17, 15) is 5.11 Å². The van der Waals surface area contributed by atoms with Gasteiger partial charge >= 0.3 is 0 Å². The van der Waals surface area contributed by atoms with Crippen molar-refractivity contribution in [3.8, 4) is 11.1 Å². The second-order valence-corrected chi connectivity index (χ2v) is 9.74. The molecule has 1 heterocycles. The fraction of sp³-hybridized carbons (Fsp3) is 0.0606. The van der Waals surface area contributed by atoms with Crippen LogP contribution in [-0.4, -0.2) is 16.1 Å². The molecule has 0 saturated carbocycles. The highest BCUT2D eigenvalue weighted by Gasteiger charge is 2.45. The number of benzene rings is 5. The van der Waals surface area contributed by atoms with Crippen LogP contribution in [0.1, 0.15) is 27.8 Å². The van der Waals surface area contributed by atoms with Crippen molar-refractivity contribution < 1.29 is 5.11 Å². The summed E-state index contributed by atoms with van der Waals surface area (Å²) in [5, 5.41) is 16.9. The Labute approximate surface area is 233 Å². The van der Waals surface area contributed by atoms with E-state index in [0.717, 1.165) is 38.9 Å². The summed E-state index contributed by atoms with van der Waals surface area (Å²) in [6, 6.07) is 44.9. The van der Waals surface area contributed by atoms with Gasteiger partial charge in [-0.05, 0) is 33.9 Å². The molecule has 0 aromatic heterocycles. The molecule has 6 rings (SSSR count). The van der Waals surface area contributed by atoms with Gasteiger partial charge in [0.1, 0.15) is 5.54 Å². The Morgan fingerprint density at radius 2 is 1.15 bits per heavy atom. The zero-order valence-corrected chi connectivity index (χ0v) is 21.9.